The Labute approximate surface area is 142 Å². The van der Waals surface area contributed by atoms with Gasteiger partial charge < -0.3 is 19.1 Å². The Kier molecular flexibility index (Phi) is 5.12. The van der Waals surface area contributed by atoms with E-state index in [9.17, 15) is 0 Å². The molecule has 0 aliphatic carbocycles. The minimum atomic E-state index is 0.353. The van der Waals surface area contributed by atoms with E-state index in [1.54, 1.807) is 13.3 Å². The molecular weight excluding hydrogens is 306 g/mol. The predicted molar refractivity (Wildman–Crippen MR) is 92.4 cm³/mol. The van der Waals surface area contributed by atoms with E-state index in [0.717, 1.165) is 18.9 Å². The van der Waals surface area contributed by atoms with Crippen LogP contribution in [0, 0.1) is 0 Å². The highest BCUT2D eigenvalue weighted by atomic mass is 16.5. The lowest BCUT2D eigenvalue weighted by Gasteiger charge is -2.23. The van der Waals surface area contributed by atoms with Crippen molar-refractivity contribution >= 4 is 11.9 Å². The van der Waals surface area contributed by atoms with Gasteiger partial charge in [-0.15, -0.1) is 0 Å². The number of nitrogens with zero attached hydrogens (tertiary/aromatic N) is 7. The SMILES string of the molecule is COc1nc(N(C)Cc2nccn2C)nc(N2CCCCCC2)n1. The van der Waals surface area contributed by atoms with E-state index in [4.69, 9.17) is 4.74 Å². The van der Waals surface area contributed by atoms with Crippen LogP contribution in [0.5, 0.6) is 6.01 Å². The topological polar surface area (TPSA) is 72.2 Å². The first-order chi connectivity index (χ1) is 11.7. The van der Waals surface area contributed by atoms with Crippen LogP contribution in [-0.2, 0) is 13.6 Å². The highest BCUT2D eigenvalue weighted by Gasteiger charge is 2.18. The van der Waals surface area contributed by atoms with Crippen molar-refractivity contribution in [2.75, 3.05) is 37.0 Å². The van der Waals surface area contributed by atoms with Crippen molar-refractivity contribution < 1.29 is 4.74 Å². The van der Waals surface area contributed by atoms with Gasteiger partial charge in [0.15, 0.2) is 0 Å². The molecule has 2 aromatic heterocycles. The lowest BCUT2D eigenvalue weighted by molar-refractivity contribution is 0.378. The molecule has 8 heteroatoms. The molecule has 24 heavy (non-hydrogen) atoms. The van der Waals surface area contributed by atoms with E-state index in [2.05, 4.69) is 24.8 Å². The second-order valence-electron chi connectivity index (χ2n) is 6.13. The number of rotatable bonds is 5. The highest BCUT2D eigenvalue weighted by molar-refractivity contribution is 5.40. The van der Waals surface area contributed by atoms with Crippen LogP contribution in [-0.4, -0.2) is 51.7 Å². The van der Waals surface area contributed by atoms with Crippen LogP contribution in [0.3, 0.4) is 0 Å². The third kappa shape index (κ3) is 3.74. The molecule has 1 saturated heterocycles. The second kappa shape index (κ2) is 7.46. The molecule has 1 aliphatic rings. The van der Waals surface area contributed by atoms with Gasteiger partial charge in [0.05, 0.1) is 13.7 Å². The fraction of sp³-hybridized carbons (Fsp3) is 0.625. The summed E-state index contributed by atoms with van der Waals surface area (Å²) in [5.41, 5.74) is 0. The van der Waals surface area contributed by atoms with E-state index >= 15 is 0 Å². The van der Waals surface area contributed by atoms with Crippen molar-refractivity contribution in [1.29, 1.82) is 0 Å². The van der Waals surface area contributed by atoms with Gasteiger partial charge in [-0.25, -0.2) is 4.98 Å². The van der Waals surface area contributed by atoms with Gasteiger partial charge in [0.2, 0.25) is 11.9 Å². The number of hydrogen-bond acceptors (Lipinski definition) is 7. The molecule has 0 spiro atoms. The Morgan fingerprint density at radius 2 is 1.88 bits per heavy atom. The maximum absolute atomic E-state index is 5.29. The number of hydrogen-bond donors (Lipinski definition) is 0. The summed E-state index contributed by atoms with van der Waals surface area (Å²) >= 11 is 0. The molecule has 0 bridgehead atoms. The Morgan fingerprint density at radius 3 is 2.50 bits per heavy atom. The molecule has 8 nitrogen and oxygen atoms in total. The normalized spacial score (nSPS) is 15.2. The van der Waals surface area contributed by atoms with E-state index < -0.39 is 0 Å². The van der Waals surface area contributed by atoms with E-state index in [1.807, 2.05) is 29.8 Å². The van der Waals surface area contributed by atoms with Gasteiger partial charge in [-0.2, -0.15) is 15.0 Å². The lowest BCUT2D eigenvalue weighted by Crippen LogP contribution is -2.28. The summed E-state index contributed by atoms with van der Waals surface area (Å²) in [6.45, 7) is 2.58. The number of aromatic nitrogens is 5. The monoisotopic (exact) mass is 331 g/mol. The third-order valence-electron chi connectivity index (χ3n) is 4.30. The van der Waals surface area contributed by atoms with Crippen molar-refractivity contribution in [2.24, 2.45) is 7.05 Å². The van der Waals surface area contributed by atoms with Crippen molar-refractivity contribution in [3.8, 4) is 6.01 Å². The van der Waals surface area contributed by atoms with E-state index in [1.165, 1.54) is 25.7 Å². The number of imidazole rings is 1. The molecule has 0 atom stereocenters. The fourth-order valence-electron chi connectivity index (χ4n) is 2.84. The van der Waals surface area contributed by atoms with Gasteiger partial charge in [0.25, 0.3) is 0 Å². The van der Waals surface area contributed by atoms with Crippen molar-refractivity contribution in [3.63, 3.8) is 0 Å². The zero-order valence-electron chi connectivity index (χ0n) is 14.6. The quantitative estimate of drug-likeness (QED) is 0.824. The van der Waals surface area contributed by atoms with Gasteiger partial charge in [-0.3, -0.25) is 0 Å². The molecule has 130 valence electrons. The minimum absolute atomic E-state index is 0.353. The largest absolute Gasteiger partial charge is 0.467 e. The van der Waals surface area contributed by atoms with E-state index in [0.29, 0.717) is 24.5 Å². The Morgan fingerprint density at radius 1 is 1.12 bits per heavy atom. The Bertz CT molecular complexity index is 664. The zero-order chi connectivity index (χ0) is 16.9. The van der Waals surface area contributed by atoms with Crippen molar-refractivity contribution in [1.82, 2.24) is 24.5 Å². The highest BCUT2D eigenvalue weighted by Crippen LogP contribution is 2.21. The molecule has 3 rings (SSSR count). The van der Waals surface area contributed by atoms with Gasteiger partial charge >= 0.3 is 6.01 Å². The number of aryl methyl sites for hydroxylation is 1. The summed E-state index contributed by atoms with van der Waals surface area (Å²) in [4.78, 5) is 22.1. The lowest BCUT2D eigenvalue weighted by atomic mass is 10.2. The molecule has 1 fully saturated rings. The third-order valence-corrected chi connectivity index (χ3v) is 4.30. The molecule has 0 radical (unpaired) electrons. The van der Waals surface area contributed by atoms with Gasteiger partial charge in [-0.1, -0.05) is 12.8 Å². The molecular formula is C16H25N7O. The van der Waals surface area contributed by atoms with Gasteiger partial charge in [-0.05, 0) is 12.8 Å². The first kappa shape index (κ1) is 16.5. The smallest absolute Gasteiger partial charge is 0.322 e. The number of anilines is 2. The van der Waals surface area contributed by atoms with Crippen LogP contribution in [0.4, 0.5) is 11.9 Å². The van der Waals surface area contributed by atoms with E-state index in [-0.39, 0.29) is 0 Å². The van der Waals surface area contributed by atoms with Crippen molar-refractivity contribution in [2.45, 2.75) is 32.2 Å². The van der Waals surface area contributed by atoms with Crippen LogP contribution in [0.2, 0.25) is 0 Å². The van der Waals surface area contributed by atoms with Crippen LogP contribution < -0.4 is 14.5 Å². The summed E-state index contributed by atoms with van der Waals surface area (Å²) in [5, 5.41) is 0. The van der Waals surface area contributed by atoms with Crippen LogP contribution in [0.25, 0.3) is 0 Å². The van der Waals surface area contributed by atoms with Gasteiger partial charge in [0, 0.05) is 39.6 Å². The molecule has 0 amide bonds. The summed E-state index contributed by atoms with van der Waals surface area (Å²) in [6.07, 6.45) is 8.60. The first-order valence-electron chi connectivity index (χ1n) is 8.39. The molecule has 0 saturated carbocycles. The Hall–Kier alpha value is -2.38. The zero-order valence-corrected chi connectivity index (χ0v) is 14.6. The average molecular weight is 331 g/mol. The standard InChI is InChI=1S/C16H25N7O/c1-21-11-8-17-13(21)12-22(2)14-18-15(20-16(19-14)24-3)23-9-6-4-5-7-10-23/h8,11H,4-7,9-10,12H2,1-3H3. The maximum atomic E-state index is 5.29. The molecule has 0 N–H and O–H groups in total. The van der Waals surface area contributed by atoms with Crippen molar-refractivity contribution in [3.05, 3.63) is 18.2 Å². The predicted octanol–water partition coefficient (Wildman–Crippen LogP) is 1.63. The Balaban J connectivity index is 1.83. The van der Waals surface area contributed by atoms with Gasteiger partial charge in [0.1, 0.15) is 5.82 Å². The maximum Gasteiger partial charge on any atom is 0.322 e. The van der Waals surface area contributed by atoms with Crippen LogP contribution in [0.15, 0.2) is 12.4 Å². The number of methoxy groups -OCH3 is 1. The average Bonchev–Trinajstić information content (AvgIpc) is 2.85. The fourth-order valence-corrected chi connectivity index (χ4v) is 2.84. The van der Waals surface area contributed by atoms with Crippen LogP contribution >= 0.6 is 0 Å². The molecule has 0 aromatic carbocycles. The molecule has 3 heterocycles. The number of ether oxygens (including phenoxy) is 1. The van der Waals surface area contributed by atoms with Crippen LogP contribution in [0.1, 0.15) is 31.5 Å². The molecule has 0 unspecified atom stereocenters. The summed E-state index contributed by atoms with van der Waals surface area (Å²) in [5.74, 6) is 2.25. The summed E-state index contributed by atoms with van der Waals surface area (Å²) < 4.78 is 7.28. The molecule has 1 aliphatic heterocycles. The molecule has 2 aromatic rings. The summed E-state index contributed by atoms with van der Waals surface area (Å²) in [7, 11) is 5.52. The first-order valence-corrected chi connectivity index (χ1v) is 8.39. The minimum Gasteiger partial charge on any atom is -0.467 e. The second-order valence-corrected chi connectivity index (χ2v) is 6.13. The summed E-state index contributed by atoms with van der Waals surface area (Å²) in [6, 6.07) is 0.353.